The normalized spacial score (nSPS) is 27.3. The molecular formula is C16H22N2O. The summed E-state index contributed by atoms with van der Waals surface area (Å²) in [5, 5.41) is 0. The molecule has 0 spiro atoms. The molecular weight excluding hydrogens is 236 g/mol. The molecule has 3 nitrogen and oxygen atoms in total. The zero-order valence-electron chi connectivity index (χ0n) is 11.6. The number of benzene rings is 1. The van der Waals surface area contributed by atoms with E-state index in [1.807, 2.05) is 4.90 Å². The number of hydrogen-bond acceptors (Lipinski definition) is 2. The standard InChI is InChI=1S/C16H22N2O/c1-13(19)18-11-15-7-16(12-18)10-17(9-15)8-14-5-3-2-4-6-14/h2-6,15-16H,7-12H2,1H3. The first-order valence-electron chi connectivity index (χ1n) is 7.22. The van der Waals surface area contributed by atoms with Crippen molar-refractivity contribution in [3.63, 3.8) is 0 Å². The SMILES string of the molecule is CC(=O)N1CC2CC(CN(Cc3ccccc3)C2)C1. The molecule has 3 rings (SSSR count). The van der Waals surface area contributed by atoms with Crippen LogP contribution in [0.1, 0.15) is 18.9 Å². The van der Waals surface area contributed by atoms with Crippen molar-refractivity contribution in [2.45, 2.75) is 19.9 Å². The van der Waals surface area contributed by atoms with Gasteiger partial charge in [-0.25, -0.2) is 0 Å². The second kappa shape index (κ2) is 5.33. The maximum absolute atomic E-state index is 11.5. The largest absolute Gasteiger partial charge is 0.342 e. The molecule has 102 valence electrons. The van der Waals surface area contributed by atoms with Gasteiger partial charge in [-0.15, -0.1) is 0 Å². The molecule has 2 atom stereocenters. The van der Waals surface area contributed by atoms with Crippen LogP contribution in [0.25, 0.3) is 0 Å². The number of likely N-dealkylation sites (tertiary alicyclic amines) is 2. The third-order valence-electron chi connectivity index (χ3n) is 4.35. The Kier molecular flexibility index (Phi) is 3.56. The minimum Gasteiger partial charge on any atom is -0.342 e. The van der Waals surface area contributed by atoms with Crippen LogP contribution in [-0.4, -0.2) is 41.9 Å². The van der Waals surface area contributed by atoms with E-state index in [2.05, 4.69) is 35.2 Å². The van der Waals surface area contributed by atoms with Crippen LogP contribution in [0.3, 0.4) is 0 Å². The molecule has 0 aliphatic carbocycles. The molecule has 0 aromatic heterocycles. The molecule has 2 saturated heterocycles. The lowest BCUT2D eigenvalue weighted by Crippen LogP contribution is -2.53. The summed E-state index contributed by atoms with van der Waals surface area (Å²) in [6.07, 6.45) is 1.30. The second-order valence-corrected chi connectivity index (χ2v) is 6.07. The Hall–Kier alpha value is -1.35. The Morgan fingerprint density at radius 1 is 1.11 bits per heavy atom. The summed E-state index contributed by atoms with van der Waals surface area (Å²) in [7, 11) is 0. The smallest absolute Gasteiger partial charge is 0.219 e. The summed E-state index contributed by atoms with van der Waals surface area (Å²) in [4.78, 5) is 16.1. The van der Waals surface area contributed by atoms with Crippen molar-refractivity contribution in [1.29, 1.82) is 0 Å². The Morgan fingerprint density at radius 3 is 2.32 bits per heavy atom. The third-order valence-corrected chi connectivity index (χ3v) is 4.35. The van der Waals surface area contributed by atoms with E-state index in [-0.39, 0.29) is 5.91 Å². The number of carbonyl (C=O) groups is 1. The molecule has 2 bridgehead atoms. The first-order chi connectivity index (χ1) is 9.20. The second-order valence-electron chi connectivity index (χ2n) is 6.07. The lowest BCUT2D eigenvalue weighted by atomic mass is 9.84. The van der Waals surface area contributed by atoms with E-state index in [0.29, 0.717) is 11.8 Å². The summed E-state index contributed by atoms with van der Waals surface area (Å²) in [5.41, 5.74) is 1.39. The van der Waals surface area contributed by atoms with Gasteiger partial charge in [-0.05, 0) is 23.8 Å². The number of nitrogens with zero attached hydrogens (tertiary/aromatic N) is 2. The van der Waals surface area contributed by atoms with Gasteiger partial charge in [0.15, 0.2) is 0 Å². The van der Waals surface area contributed by atoms with Gasteiger partial charge in [0.25, 0.3) is 0 Å². The van der Waals surface area contributed by atoms with E-state index in [1.54, 1.807) is 6.92 Å². The van der Waals surface area contributed by atoms with Crippen LogP contribution >= 0.6 is 0 Å². The number of rotatable bonds is 2. The molecule has 2 aliphatic heterocycles. The lowest BCUT2D eigenvalue weighted by molar-refractivity contribution is -0.133. The summed E-state index contributed by atoms with van der Waals surface area (Å²) in [6, 6.07) is 10.7. The van der Waals surface area contributed by atoms with Gasteiger partial charge in [0, 0.05) is 39.6 Å². The molecule has 1 amide bonds. The van der Waals surface area contributed by atoms with Crippen LogP contribution in [0.15, 0.2) is 30.3 Å². The van der Waals surface area contributed by atoms with E-state index in [1.165, 1.54) is 12.0 Å². The van der Waals surface area contributed by atoms with Crippen molar-refractivity contribution in [1.82, 2.24) is 9.80 Å². The predicted molar refractivity (Wildman–Crippen MR) is 75.6 cm³/mol. The van der Waals surface area contributed by atoms with E-state index < -0.39 is 0 Å². The number of fused-ring (bicyclic) bond motifs is 2. The van der Waals surface area contributed by atoms with Gasteiger partial charge in [0.2, 0.25) is 5.91 Å². The van der Waals surface area contributed by atoms with Crippen molar-refractivity contribution in [3.8, 4) is 0 Å². The molecule has 1 aromatic carbocycles. The van der Waals surface area contributed by atoms with E-state index in [0.717, 1.165) is 32.7 Å². The lowest BCUT2D eigenvalue weighted by Gasteiger charge is -2.45. The minimum atomic E-state index is 0.242. The van der Waals surface area contributed by atoms with Crippen molar-refractivity contribution >= 4 is 5.91 Å². The van der Waals surface area contributed by atoms with Gasteiger partial charge in [0.05, 0.1) is 0 Å². The van der Waals surface area contributed by atoms with Gasteiger partial charge in [-0.1, -0.05) is 30.3 Å². The number of hydrogen-bond donors (Lipinski definition) is 0. The van der Waals surface area contributed by atoms with Gasteiger partial charge in [-0.3, -0.25) is 9.69 Å². The molecule has 2 unspecified atom stereocenters. The number of piperidine rings is 2. The Balaban J connectivity index is 1.62. The maximum Gasteiger partial charge on any atom is 0.219 e. The average Bonchev–Trinajstić information content (AvgIpc) is 2.38. The van der Waals surface area contributed by atoms with Crippen LogP contribution in [0.4, 0.5) is 0 Å². The number of carbonyl (C=O) groups excluding carboxylic acids is 1. The summed E-state index contributed by atoms with van der Waals surface area (Å²) in [6.45, 7) is 6.93. The van der Waals surface area contributed by atoms with Gasteiger partial charge in [-0.2, -0.15) is 0 Å². The van der Waals surface area contributed by atoms with Crippen molar-refractivity contribution < 1.29 is 4.79 Å². The fraction of sp³-hybridized carbons (Fsp3) is 0.562. The zero-order valence-corrected chi connectivity index (χ0v) is 11.6. The van der Waals surface area contributed by atoms with Crippen LogP contribution < -0.4 is 0 Å². The maximum atomic E-state index is 11.5. The van der Waals surface area contributed by atoms with Gasteiger partial charge < -0.3 is 4.90 Å². The Bertz CT molecular complexity index is 431. The Labute approximate surface area is 115 Å². The highest BCUT2D eigenvalue weighted by atomic mass is 16.2. The van der Waals surface area contributed by atoms with Crippen LogP contribution in [0, 0.1) is 11.8 Å². The van der Waals surface area contributed by atoms with Crippen LogP contribution in [0.2, 0.25) is 0 Å². The third kappa shape index (κ3) is 2.98. The van der Waals surface area contributed by atoms with Gasteiger partial charge in [0.1, 0.15) is 0 Å². The van der Waals surface area contributed by atoms with Crippen molar-refractivity contribution in [2.75, 3.05) is 26.2 Å². The average molecular weight is 258 g/mol. The predicted octanol–water partition coefficient (Wildman–Crippen LogP) is 1.99. The molecule has 0 radical (unpaired) electrons. The zero-order chi connectivity index (χ0) is 13.2. The molecule has 19 heavy (non-hydrogen) atoms. The van der Waals surface area contributed by atoms with Crippen LogP contribution in [0.5, 0.6) is 0 Å². The van der Waals surface area contributed by atoms with Crippen molar-refractivity contribution in [3.05, 3.63) is 35.9 Å². The summed E-state index contributed by atoms with van der Waals surface area (Å²) in [5.74, 6) is 1.58. The molecule has 0 N–H and O–H groups in total. The topological polar surface area (TPSA) is 23.6 Å². The van der Waals surface area contributed by atoms with E-state index in [4.69, 9.17) is 0 Å². The van der Waals surface area contributed by atoms with E-state index in [9.17, 15) is 4.79 Å². The van der Waals surface area contributed by atoms with Crippen LogP contribution in [-0.2, 0) is 11.3 Å². The summed E-state index contributed by atoms with van der Waals surface area (Å²) < 4.78 is 0. The number of amides is 1. The fourth-order valence-corrected chi connectivity index (χ4v) is 3.62. The molecule has 2 heterocycles. The molecule has 1 aromatic rings. The Morgan fingerprint density at radius 2 is 1.74 bits per heavy atom. The highest BCUT2D eigenvalue weighted by molar-refractivity contribution is 5.73. The fourth-order valence-electron chi connectivity index (χ4n) is 3.62. The summed E-state index contributed by atoms with van der Waals surface area (Å²) >= 11 is 0. The van der Waals surface area contributed by atoms with Crippen molar-refractivity contribution in [2.24, 2.45) is 11.8 Å². The molecule has 0 saturated carbocycles. The highest BCUT2D eigenvalue weighted by Gasteiger charge is 2.34. The molecule has 2 aliphatic rings. The highest BCUT2D eigenvalue weighted by Crippen LogP contribution is 2.29. The quantitative estimate of drug-likeness (QED) is 0.810. The van der Waals surface area contributed by atoms with E-state index >= 15 is 0 Å². The monoisotopic (exact) mass is 258 g/mol. The first-order valence-corrected chi connectivity index (χ1v) is 7.22. The first kappa shape index (κ1) is 12.7. The minimum absolute atomic E-state index is 0.242. The molecule has 2 fully saturated rings. The van der Waals surface area contributed by atoms with Gasteiger partial charge >= 0.3 is 0 Å². The molecule has 3 heteroatoms.